The lowest BCUT2D eigenvalue weighted by molar-refractivity contribution is -0.133. The summed E-state index contributed by atoms with van der Waals surface area (Å²) in [6.45, 7) is 6.38. The SMILES string of the molecule is CCCCC#CCCCC(=O)NC1(C(N)=O)CCN(S(=O)(=O)CCc2c(C)cc(NC)cc2C)CC1. The molecule has 36 heavy (non-hydrogen) atoms. The number of piperidine rings is 1. The van der Waals surface area contributed by atoms with E-state index in [4.69, 9.17) is 5.73 Å². The van der Waals surface area contributed by atoms with Gasteiger partial charge in [-0.15, -0.1) is 11.8 Å². The highest BCUT2D eigenvalue weighted by Crippen LogP contribution is 2.26. The van der Waals surface area contributed by atoms with Crippen LogP contribution in [0.4, 0.5) is 5.69 Å². The quantitative estimate of drug-likeness (QED) is 0.290. The van der Waals surface area contributed by atoms with E-state index in [9.17, 15) is 18.0 Å². The molecule has 4 N–H and O–H groups in total. The lowest BCUT2D eigenvalue weighted by atomic mass is 9.87. The fourth-order valence-corrected chi connectivity index (χ4v) is 6.04. The zero-order chi connectivity index (χ0) is 26.8. The molecule has 1 saturated heterocycles. The van der Waals surface area contributed by atoms with Gasteiger partial charge in [0.1, 0.15) is 5.54 Å². The van der Waals surface area contributed by atoms with Crippen molar-refractivity contribution >= 4 is 27.5 Å². The third-order valence-corrected chi connectivity index (χ3v) is 8.77. The maximum Gasteiger partial charge on any atom is 0.243 e. The lowest BCUT2D eigenvalue weighted by Crippen LogP contribution is -2.62. The molecule has 1 aliphatic rings. The summed E-state index contributed by atoms with van der Waals surface area (Å²) in [6, 6.07) is 4.03. The monoisotopic (exact) mass is 518 g/mol. The van der Waals surface area contributed by atoms with E-state index >= 15 is 0 Å². The van der Waals surface area contributed by atoms with Crippen molar-refractivity contribution in [1.29, 1.82) is 0 Å². The number of sulfonamides is 1. The van der Waals surface area contributed by atoms with Crippen LogP contribution < -0.4 is 16.4 Å². The van der Waals surface area contributed by atoms with Crippen molar-refractivity contribution in [3.63, 3.8) is 0 Å². The molecule has 1 aromatic carbocycles. The van der Waals surface area contributed by atoms with Crippen LogP contribution in [0.3, 0.4) is 0 Å². The van der Waals surface area contributed by atoms with Crippen molar-refractivity contribution in [3.05, 3.63) is 28.8 Å². The first-order valence-electron chi connectivity index (χ1n) is 12.9. The number of hydrogen-bond donors (Lipinski definition) is 3. The second kappa shape index (κ2) is 13.7. The molecule has 2 rings (SSSR count). The molecule has 0 radical (unpaired) electrons. The fourth-order valence-electron chi connectivity index (χ4n) is 4.58. The Hall–Kier alpha value is -2.57. The van der Waals surface area contributed by atoms with Crippen LogP contribution in [-0.4, -0.2) is 56.0 Å². The number of nitrogens with two attached hydrogens (primary N) is 1. The van der Waals surface area contributed by atoms with Gasteiger partial charge in [0.25, 0.3) is 0 Å². The van der Waals surface area contributed by atoms with Gasteiger partial charge >= 0.3 is 0 Å². The average molecular weight is 519 g/mol. The summed E-state index contributed by atoms with van der Waals surface area (Å²) < 4.78 is 27.6. The summed E-state index contributed by atoms with van der Waals surface area (Å²) >= 11 is 0. The van der Waals surface area contributed by atoms with E-state index in [1.54, 1.807) is 0 Å². The van der Waals surface area contributed by atoms with Gasteiger partial charge in [-0.25, -0.2) is 12.7 Å². The van der Waals surface area contributed by atoms with E-state index in [1.165, 1.54) is 4.31 Å². The van der Waals surface area contributed by atoms with Crippen molar-refractivity contribution in [1.82, 2.24) is 9.62 Å². The lowest BCUT2D eigenvalue weighted by Gasteiger charge is -2.39. The van der Waals surface area contributed by atoms with E-state index in [-0.39, 0.29) is 44.0 Å². The molecule has 200 valence electrons. The Labute approximate surface area is 216 Å². The van der Waals surface area contributed by atoms with Gasteiger partial charge in [-0.2, -0.15) is 0 Å². The Morgan fingerprint density at radius 2 is 1.67 bits per heavy atom. The van der Waals surface area contributed by atoms with Crippen molar-refractivity contribution in [2.24, 2.45) is 5.73 Å². The number of hydrogen-bond acceptors (Lipinski definition) is 5. The van der Waals surface area contributed by atoms with Crippen molar-refractivity contribution in [3.8, 4) is 11.8 Å². The van der Waals surface area contributed by atoms with Gasteiger partial charge in [-0.3, -0.25) is 9.59 Å². The molecule has 2 amide bonds. The van der Waals surface area contributed by atoms with Gasteiger partial charge < -0.3 is 16.4 Å². The van der Waals surface area contributed by atoms with Gasteiger partial charge in [-0.05, 0) is 74.8 Å². The Morgan fingerprint density at radius 1 is 1.08 bits per heavy atom. The first-order valence-corrected chi connectivity index (χ1v) is 14.5. The second-order valence-corrected chi connectivity index (χ2v) is 11.7. The van der Waals surface area contributed by atoms with Gasteiger partial charge in [0, 0.05) is 45.1 Å². The number of aryl methyl sites for hydroxylation is 2. The summed E-state index contributed by atoms with van der Waals surface area (Å²) in [5.41, 5.74) is 8.59. The molecule has 0 spiro atoms. The van der Waals surface area contributed by atoms with Crippen molar-refractivity contribution in [2.75, 3.05) is 31.2 Å². The highest BCUT2D eigenvalue weighted by atomic mass is 32.2. The maximum absolute atomic E-state index is 13.1. The molecule has 0 aromatic heterocycles. The summed E-state index contributed by atoms with van der Waals surface area (Å²) in [5.74, 6) is 5.28. The predicted molar refractivity (Wildman–Crippen MR) is 145 cm³/mol. The molecule has 0 atom stereocenters. The van der Waals surface area contributed by atoms with E-state index in [1.807, 2.05) is 33.0 Å². The fraction of sp³-hybridized carbons (Fsp3) is 0.630. The minimum atomic E-state index is -3.52. The first kappa shape index (κ1) is 29.7. The first-order chi connectivity index (χ1) is 17.0. The predicted octanol–water partition coefficient (Wildman–Crippen LogP) is 3.02. The average Bonchev–Trinajstić information content (AvgIpc) is 2.83. The van der Waals surface area contributed by atoms with E-state index in [0.717, 1.165) is 41.6 Å². The molecular formula is C27H42N4O4S. The van der Waals surface area contributed by atoms with E-state index in [2.05, 4.69) is 29.4 Å². The Balaban J connectivity index is 1.92. The van der Waals surface area contributed by atoms with Crippen LogP contribution in [0.5, 0.6) is 0 Å². The summed E-state index contributed by atoms with van der Waals surface area (Å²) in [4.78, 5) is 24.8. The van der Waals surface area contributed by atoms with Crippen LogP contribution in [0.2, 0.25) is 0 Å². The molecule has 0 bridgehead atoms. The highest BCUT2D eigenvalue weighted by Gasteiger charge is 2.43. The van der Waals surface area contributed by atoms with Crippen molar-refractivity contribution < 1.29 is 18.0 Å². The summed E-state index contributed by atoms with van der Waals surface area (Å²) in [7, 11) is -1.67. The van der Waals surface area contributed by atoms with Crippen LogP contribution in [0, 0.1) is 25.7 Å². The van der Waals surface area contributed by atoms with E-state index in [0.29, 0.717) is 19.3 Å². The zero-order valence-electron chi connectivity index (χ0n) is 22.2. The van der Waals surface area contributed by atoms with Crippen LogP contribution in [0.25, 0.3) is 0 Å². The molecule has 0 saturated carbocycles. The third kappa shape index (κ3) is 8.24. The number of anilines is 1. The molecule has 1 fully saturated rings. The Kier molecular flexibility index (Phi) is 11.3. The smallest absolute Gasteiger partial charge is 0.243 e. The highest BCUT2D eigenvalue weighted by molar-refractivity contribution is 7.89. The number of carbonyl (C=O) groups excluding carboxylic acids is 2. The van der Waals surface area contributed by atoms with Gasteiger partial charge in [0.05, 0.1) is 5.75 Å². The Bertz CT molecular complexity index is 1060. The summed E-state index contributed by atoms with van der Waals surface area (Å²) in [5, 5.41) is 5.92. The number of primary amides is 1. The van der Waals surface area contributed by atoms with Gasteiger partial charge in [0.2, 0.25) is 21.8 Å². The number of nitrogens with zero attached hydrogens (tertiary/aromatic N) is 1. The number of nitrogens with one attached hydrogen (secondary N) is 2. The summed E-state index contributed by atoms with van der Waals surface area (Å²) in [6.07, 6.45) is 5.29. The number of benzene rings is 1. The standard InChI is InChI=1S/C27H42N4O4S/c1-5-6-7-8-9-10-11-12-25(32)30-27(26(28)33)14-16-31(17-15-27)36(34,35)18-13-24-21(2)19-23(29-4)20-22(24)3/h19-20,29H,5-7,10-18H2,1-4H3,(H2,28,33)(H,30,32). The normalized spacial score (nSPS) is 15.6. The van der Waals surface area contributed by atoms with Crippen LogP contribution in [-0.2, 0) is 26.0 Å². The minimum absolute atomic E-state index is 0.0111. The number of unbranched alkanes of at least 4 members (excludes halogenated alkanes) is 3. The molecular weight excluding hydrogens is 476 g/mol. The zero-order valence-corrected chi connectivity index (χ0v) is 23.0. The maximum atomic E-state index is 13.1. The Morgan fingerprint density at radius 3 is 2.19 bits per heavy atom. The molecule has 0 unspecified atom stereocenters. The second-order valence-electron chi connectivity index (χ2n) is 9.61. The van der Waals surface area contributed by atoms with Crippen molar-refractivity contribution in [2.45, 2.75) is 84.1 Å². The topological polar surface area (TPSA) is 122 Å². The molecule has 1 aliphatic heterocycles. The number of amides is 2. The molecule has 1 heterocycles. The van der Waals surface area contributed by atoms with Crippen LogP contribution in [0.15, 0.2) is 12.1 Å². The minimum Gasteiger partial charge on any atom is -0.388 e. The molecule has 0 aliphatic carbocycles. The number of carbonyl (C=O) groups is 2. The van der Waals surface area contributed by atoms with Gasteiger partial charge in [0.15, 0.2) is 0 Å². The van der Waals surface area contributed by atoms with E-state index < -0.39 is 21.5 Å². The van der Waals surface area contributed by atoms with Gasteiger partial charge in [-0.1, -0.05) is 13.3 Å². The number of rotatable bonds is 12. The molecule has 9 heteroatoms. The van der Waals surface area contributed by atoms with Crippen LogP contribution >= 0.6 is 0 Å². The molecule has 8 nitrogen and oxygen atoms in total. The third-order valence-electron chi connectivity index (χ3n) is 6.90. The molecule has 1 aromatic rings. The van der Waals surface area contributed by atoms with Crippen LogP contribution in [0.1, 0.15) is 75.0 Å². The largest absolute Gasteiger partial charge is 0.388 e.